The van der Waals surface area contributed by atoms with Crippen LogP contribution in [0.5, 0.6) is 5.75 Å². The number of ether oxygens (including phenoxy) is 1. The van der Waals surface area contributed by atoms with Gasteiger partial charge in [0.05, 0.1) is 18.5 Å². The summed E-state index contributed by atoms with van der Waals surface area (Å²) < 4.78 is 6.83. The van der Waals surface area contributed by atoms with E-state index in [1.165, 1.54) is 11.1 Å². The second-order valence-corrected chi connectivity index (χ2v) is 6.29. The van der Waals surface area contributed by atoms with Gasteiger partial charge in [0.2, 0.25) is 0 Å². The average Bonchev–Trinajstić information content (AvgIpc) is 2.85. The summed E-state index contributed by atoms with van der Waals surface area (Å²) in [7, 11) is 0. The molecule has 0 bridgehead atoms. The molecule has 1 aliphatic heterocycles. The molecule has 2 heterocycles. The number of aromatic nitrogens is 1. The van der Waals surface area contributed by atoms with Gasteiger partial charge in [0.1, 0.15) is 5.75 Å². The Morgan fingerprint density at radius 1 is 1.42 bits per heavy atom. The number of nitrogens with two attached hydrogens (primary N) is 1. The third kappa shape index (κ3) is 2.72. The Hall–Kier alpha value is -1.20. The Morgan fingerprint density at radius 3 is 3.16 bits per heavy atom. The highest BCUT2D eigenvalue weighted by molar-refractivity contribution is 9.10. The van der Waals surface area contributed by atoms with Crippen LogP contribution in [-0.2, 0) is 12.2 Å². The molecular formula is C14H13BrN2OS. The molecule has 98 valence electrons. The molecule has 3 nitrogen and oxygen atoms in total. The molecule has 1 aromatic carbocycles. The van der Waals surface area contributed by atoms with E-state index in [1.807, 2.05) is 6.07 Å². The molecule has 2 aromatic rings. The van der Waals surface area contributed by atoms with Crippen LogP contribution in [0.3, 0.4) is 0 Å². The zero-order valence-corrected chi connectivity index (χ0v) is 12.6. The number of benzene rings is 1. The molecule has 0 atom stereocenters. The van der Waals surface area contributed by atoms with E-state index < -0.39 is 0 Å². The molecule has 0 radical (unpaired) electrons. The lowest BCUT2D eigenvalue weighted by Gasteiger charge is -2.09. The monoisotopic (exact) mass is 336 g/mol. The van der Waals surface area contributed by atoms with Gasteiger partial charge in [-0.25, -0.2) is 0 Å². The van der Waals surface area contributed by atoms with Crippen molar-refractivity contribution < 1.29 is 4.74 Å². The summed E-state index contributed by atoms with van der Waals surface area (Å²) in [6, 6.07) is 6.20. The maximum Gasteiger partial charge on any atom is 0.126 e. The van der Waals surface area contributed by atoms with Gasteiger partial charge in [-0.1, -0.05) is 15.9 Å². The zero-order valence-electron chi connectivity index (χ0n) is 10.2. The van der Waals surface area contributed by atoms with Crippen molar-refractivity contribution in [2.45, 2.75) is 17.1 Å². The van der Waals surface area contributed by atoms with Gasteiger partial charge < -0.3 is 10.5 Å². The lowest BCUT2D eigenvalue weighted by molar-refractivity contribution is 0.354. The lowest BCUT2D eigenvalue weighted by Crippen LogP contribution is -1.92. The van der Waals surface area contributed by atoms with E-state index in [9.17, 15) is 0 Å². The zero-order chi connectivity index (χ0) is 13.2. The summed E-state index contributed by atoms with van der Waals surface area (Å²) in [4.78, 5) is 5.06. The second kappa shape index (κ2) is 5.43. The largest absolute Gasteiger partial charge is 0.493 e. The lowest BCUT2D eigenvalue weighted by atomic mass is 10.1. The molecule has 0 spiro atoms. The number of hydrogen-bond donors (Lipinski definition) is 1. The maximum absolute atomic E-state index is 5.90. The Kier molecular flexibility index (Phi) is 3.66. The van der Waals surface area contributed by atoms with E-state index in [4.69, 9.17) is 10.5 Å². The summed E-state index contributed by atoms with van der Waals surface area (Å²) in [6.45, 7) is 0.779. The molecule has 1 aliphatic rings. The number of halogens is 1. The smallest absolute Gasteiger partial charge is 0.126 e. The highest BCUT2D eigenvalue weighted by atomic mass is 79.9. The number of anilines is 1. The van der Waals surface area contributed by atoms with E-state index in [0.29, 0.717) is 0 Å². The van der Waals surface area contributed by atoms with Crippen LogP contribution in [0.25, 0.3) is 0 Å². The Morgan fingerprint density at radius 2 is 2.32 bits per heavy atom. The Labute approximate surface area is 124 Å². The SMILES string of the molecule is Nc1cnccc1SCc1cc(Br)cc2c1OCC2. The van der Waals surface area contributed by atoms with Gasteiger partial charge in [0.25, 0.3) is 0 Å². The van der Waals surface area contributed by atoms with Crippen LogP contribution in [0.15, 0.2) is 40.0 Å². The molecule has 0 aliphatic carbocycles. The number of pyridine rings is 1. The van der Waals surface area contributed by atoms with Gasteiger partial charge in [-0.3, -0.25) is 4.98 Å². The maximum atomic E-state index is 5.90. The van der Waals surface area contributed by atoms with Gasteiger partial charge in [0, 0.05) is 33.3 Å². The van der Waals surface area contributed by atoms with E-state index in [1.54, 1.807) is 24.2 Å². The summed E-state index contributed by atoms with van der Waals surface area (Å²) in [5.41, 5.74) is 9.12. The summed E-state index contributed by atoms with van der Waals surface area (Å²) in [5, 5.41) is 0. The average molecular weight is 337 g/mol. The van der Waals surface area contributed by atoms with Gasteiger partial charge in [0.15, 0.2) is 0 Å². The predicted molar refractivity (Wildman–Crippen MR) is 81.6 cm³/mol. The number of fused-ring (bicyclic) bond motifs is 1. The first kappa shape index (κ1) is 12.8. The summed E-state index contributed by atoms with van der Waals surface area (Å²) in [5.74, 6) is 1.89. The third-order valence-corrected chi connectivity index (χ3v) is 4.61. The van der Waals surface area contributed by atoms with Gasteiger partial charge >= 0.3 is 0 Å². The van der Waals surface area contributed by atoms with Crippen molar-refractivity contribution in [3.8, 4) is 5.75 Å². The van der Waals surface area contributed by atoms with Crippen LogP contribution in [0.4, 0.5) is 5.69 Å². The molecule has 0 fully saturated rings. The standard InChI is InChI=1S/C14H13BrN2OS/c15-11-5-9-2-4-18-14(9)10(6-11)8-19-13-1-3-17-7-12(13)16/h1,3,5-7H,2,4,8,16H2. The van der Waals surface area contributed by atoms with Gasteiger partial charge in [-0.15, -0.1) is 11.8 Å². The van der Waals surface area contributed by atoms with Crippen molar-refractivity contribution in [3.63, 3.8) is 0 Å². The Balaban J connectivity index is 1.83. The third-order valence-electron chi connectivity index (χ3n) is 3.02. The molecule has 0 unspecified atom stereocenters. The molecule has 19 heavy (non-hydrogen) atoms. The number of nitrogen functional groups attached to an aromatic ring is 1. The fourth-order valence-corrected chi connectivity index (χ4v) is 3.59. The minimum Gasteiger partial charge on any atom is -0.493 e. The van der Waals surface area contributed by atoms with E-state index in [0.717, 1.165) is 39.6 Å². The van der Waals surface area contributed by atoms with Gasteiger partial charge in [-0.05, 0) is 23.8 Å². The van der Waals surface area contributed by atoms with Crippen molar-refractivity contribution in [1.29, 1.82) is 0 Å². The van der Waals surface area contributed by atoms with Crippen LogP contribution >= 0.6 is 27.7 Å². The second-order valence-electron chi connectivity index (χ2n) is 4.35. The number of nitrogens with zero attached hydrogens (tertiary/aromatic N) is 1. The molecular weight excluding hydrogens is 324 g/mol. The number of thioether (sulfide) groups is 1. The van der Waals surface area contributed by atoms with Crippen LogP contribution in [-0.4, -0.2) is 11.6 Å². The molecule has 0 amide bonds. The molecule has 0 saturated heterocycles. The first-order chi connectivity index (χ1) is 9.24. The first-order valence-corrected chi connectivity index (χ1v) is 7.78. The predicted octanol–water partition coefficient (Wildman–Crippen LogP) is 3.65. The fourth-order valence-electron chi connectivity index (χ4n) is 2.13. The highest BCUT2D eigenvalue weighted by Gasteiger charge is 2.17. The van der Waals surface area contributed by atoms with Crippen molar-refractivity contribution in [3.05, 3.63) is 46.2 Å². The van der Waals surface area contributed by atoms with Crippen molar-refractivity contribution in [2.75, 3.05) is 12.3 Å². The van der Waals surface area contributed by atoms with E-state index >= 15 is 0 Å². The molecule has 2 N–H and O–H groups in total. The van der Waals surface area contributed by atoms with Crippen molar-refractivity contribution >= 4 is 33.4 Å². The number of hydrogen-bond acceptors (Lipinski definition) is 4. The van der Waals surface area contributed by atoms with Crippen LogP contribution < -0.4 is 10.5 Å². The van der Waals surface area contributed by atoms with Crippen molar-refractivity contribution in [1.82, 2.24) is 4.98 Å². The van der Waals surface area contributed by atoms with E-state index in [-0.39, 0.29) is 0 Å². The fraction of sp³-hybridized carbons (Fsp3) is 0.214. The first-order valence-electron chi connectivity index (χ1n) is 6.00. The van der Waals surface area contributed by atoms with Crippen molar-refractivity contribution in [2.24, 2.45) is 0 Å². The van der Waals surface area contributed by atoms with Crippen LogP contribution in [0.1, 0.15) is 11.1 Å². The summed E-state index contributed by atoms with van der Waals surface area (Å²) >= 11 is 5.27. The molecule has 5 heteroatoms. The molecule has 3 rings (SSSR count). The Bertz CT molecular complexity index is 618. The summed E-state index contributed by atoms with van der Waals surface area (Å²) in [6.07, 6.45) is 4.44. The normalized spacial score (nSPS) is 13.1. The minimum atomic E-state index is 0.722. The molecule has 1 aromatic heterocycles. The molecule has 0 saturated carbocycles. The minimum absolute atomic E-state index is 0.722. The highest BCUT2D eigenvalue weighted by Crippen LogP contribution is 2.37. The van der Waals surface area contributed by atoms with Gasteiger partial charge in [-0.2, -0.15) is 0 Å². The van der Waals surface area contributed by atoms with Crippen LogP contribution in [0, 0.1) is 0 Å². The quantitative estimate of drug-likeness (QED) is 0.869. The van der Waals surface area contributed by atoms with Crippen LogP contribution in [0.2, 0.25) is 0 Å². The topological polar surface area (TPSA) is 48.1 Å². The van der Waals surface area contributed by atoms with E-state index in [2.05, 4.69) is 33.0 Å². The number of rotatable bonds is 3.